The molecule has 2 aromatic carbocycles. The zero-order valence-corrected chi connectivity index (χ0v) is 18.1. The summed E-state index contributed by atoms with van der Waals surface area (Å²) in [5.74, 6) is -0.109. The lowest BCUT2D eigenvalue weighted by Gasteiger charge is -2.34. The van der Waals surface area contributed by atoms with Gasteiger partial charge in [-0.1, -0.05) is 60.7 Å². The van der Waals surface area contributed by atoms with E-state index in [1.54, 1.807) is 4.90 Å². The number of piperazine rings is 1. The van der Waals surface area contributed by atoms with Gasteiger partial charge in [0, 0.05) is 38.9 Å². The molecular weight excluding hydrogens is 422 g/mol. The first-order chi connectivity index (χ1) is 16.1. The minimum atomic E-state index is -0.504. The average molecular weight is 447 g/mol. The molecule has 0 spiro atoms. The highest BCUT2D eigenvalue weighted by Gasteiger charge is 2.24. The van der Waals surface area contributed by atoms with Crippen molar-refractivity contribution in [2.75, 3.05) is 31.1 Å². The molecule has 33 heavy (non-hydrogen) atoms. The van der Waals surface area contributed by atoms with Gasteiger partial charge in [-0.2, -0.15) is 0 Å². The summed E-state index contributed by atoms with van der Waals surface area (Å²) in [6.45, 7) is 2.41. The Morgan fingerprint density at radius 1 is 0.939 bits per heavy atom. The van der Waals surface area contributed by atoms with Crippen LogP contribution in [-0.2, 0) is 17.9 Å². The third kappa shape index (κ3) is 5.76. The predicted molar refractivity (Wildman–Crippen MR) is 123 cm³/mol. The second kappa shape index (κ2) is 10.4. The maximum Gasteiger partial charge on any atom is 0.410 e. The van der Waals surface area contributed by atoms with Crippen molar-refractivity contribution in [1.29, 1.82) is 0 Å². The van der Waals surface area contributed by atoms with Gasteiger partial charge in [0.25, 0.3) is 11.5 Å². The van der Waals surface area contributed by atoms with E-state index in [-0.39, 0.29) is 18.3 Å². The third-order valence-electron chi connectivity index (χ3n) is 5.37. The molecule has 1 saturated heterocycles. The Balaban J connectivity index is 1.28. The average Bonchev–Trinajstić information content (AvgIpc) is 2.87. The molecule has 0 unspecified atom stereocenters. The first kappa shape index (κ1) is 22.1. The van der Waals surface area contributed by atoms with E-state index in [0.717, 1.165) is 11.1 Å². The van der Waals surface area contributed by atoms with Crippen molar-refractivity contribution in [1.82, 2.24) is 20.2 Å². The van der Waals surface area contributed by atoms with Crippen molar-refractivity contribution in [2.45, 2.75) is 13.2 Å². The molecule has 0 saturated carbocycles. The molecule has 0 radical (unpaired) electrons. The molecule has 1 aliphatic rings. The Morgan fingerprint density at radius 2 is 1.58 bits per heavy atom. The fraction of sp³-hybridized carbons (Fsp3) is 0.250. The van der Waals surface area contributed by atoms with Crippen LogP contribution >= 0.6 is 0 Å². The third-order valence-corrected chi connectivity index (χ3v) is 5.37. The van der Waals surface area contributed by atoms with E-state index in [0.29, 0.717) is 38.7 Å². The quantitative estimate of drug-likeness (QED) is 0.600. The molecule has 0 atom stereocenters. The number of nitrogens with zero attached hydrogens (tertiary/aromatic N) is 3. The summed E-state index contributed by atoms with van der Waals surface area (Å²) in [5.41, 5.74) is 1.32. The van der Waals surface area contributed by atoms with Gasteiger partial charge in [0.2, 0.25) is 5.95 Å². The number of hydrogen-bond donors (Lipinski definition) is 2. The standard InChI is InChI=1S/C24H25N5O4/c30-21(25-15-18-7-3-1-4-8-18)20-16-26-23(27-22(20)31)28-11-13-29(14-12-28)24(32)33-17-19-9-5-2-6-10-19/h1-10,16H,11-15,17H2,(H,25,30)(H,26,27,31). The fourth-order valence-corrected chi connectivity index (χ4v) is 3.49. The second-order valence-electron chi connectivity index (χ2n) is 7.63. The van der Waals surface area contributed by atoms with Crippen molar-refractivity contribution in [3.05, 3.63) is 93.9 Å². The zero-order chi connectivity index (χ0) is 23.0. The van der Waals surface area contributed by atoms with Gasteiger partial charge in [-0.3, -0.25) is 14.6 Å². The van der Waals surface area contributed by atoms with Gasteiger partial charge < -0.3 is 19.9 Å². The highest BCUT2D eigenvalue weighted by atomic mass is 16.6. The van der Waals surface area contributed by atoms with Crippen LogP contribution in [0.1, 0.15) is 21.5 Å². The van der Waals surface area contributed by atoms with Gasteiger partial charge in [-0.25, -0.2) is 9.78 Å². The Hall–Kier alpha value is -4.14. The summed E-state index contributed by atoms with van der Waals surface area (Å²) in [7, 11) is 0. The normalized spacial score (nSPS) is 13.5. The fourth-order valence-electron chi connectivity index (χ4n) is 3.49. The number of nitrogens with one attached hydrogen (secondary N) is 2. The summed E-state index contributed by atoms with van der Waals surface area (Å²) in [6, 6.07) is 18.9. The van der Waals surface area contributed by atoms with E-state index >= 15 is 0 Å². The first-order valence-electron chi connectivity index (χ1n) is 10.7. The number of rotatable bonds is 6. The summed E-state index contributed by atoms with van der Waals surface area (Å²) < 4.78 is 5.38. The number of H-pyrrole nitrogens is 1. The molecule has 9 nitrogen and oxygen atoms in total. The number of hydrogen-bond acceptors (Lipinski definition) is 6. The van der Waals surface area contributed by atoms with Gasteiger partial charge >= 0.3 is 6.09 Å². The van der Waals surface area contributed by atoms with Crippen molar-refractivity contribution >= 4 is 17.9 Å². The van der Waals surface area contributed by atoms with Crippen LogP contribution in [0.4, 0.5) is 10.7 Å². The molecule has 3 aromatic rings. The molecule has 0 aliphatic carbocycles. The van der Waals surface area contributed by atoms with Crippen molar-refractivity contribution in [3.8, 4) is 0 Å². The molecule has 2 heterocycles. The van der Waals surface area contributed by atoms with Gasteiger partial charge in [0.1, 0.15) is 12.2 Å². The summed E-state index contributed by atoms with van der Waals surface area (Å²) in [4.78, 5) is 47.6. The highest BCUT2D eigenvalue weighted by Crippen LogP contribution is 2.11. The Morgan fingerprint density at radius 3 is 2.21 bits per heavy atom. The Kier molecular flexibility index (Phi) is 6.99. The molecule has 170 valence electrons. The van der Waals surface area contributed by atoms with Crippen LogP contribution in [-0.4, -0.2) is 53.0 Å². The van der Waals surface area contributed by atoms with E-state index < -0.39 is 11.5 Å². The lowest BCUT2D eigenvalue weighted by atomic mass is 10.2. The van der Waals surface area contributed by atoms with Gasteiger partial charge in [-0.15, -0.1) is 0 Å². The molecule has 9 heteroatoms. The predicted octanol–water partition coefficient (Wildman–Crippen LogP) is 2.16. The number of benzene rings is 2. The highest BCUT2D eigenvalue weighted by molar-refractivity contribution is 5.93. The second-order valence-corrected chi connectivity index (χ2v) is 7.63. The van der Waals surface area contributed by atoms with Crippen LogP contribution in [0.2, 0.25) is 0 Å². The Labute approximate surface area is 191 Å². The van der Waals surface area contributed by atoms with Crippen molar-refractivity contribution < 1.29 is 14.3 Å². The van der Waals surface area contributed by atoms with Crippen LogP contribution in [0.15, 0.2) is 71.7 Å². The number of ether oxygens (including phenoxy) is 1. The molecule has 1 fully saturated rings. The molecule has 2 amide bonds. The van der Waals surface area contributed by atoms with E-state index in [9.17, 15) is 14.4 Å². The number of aromatic nitrogens is 2. The van der Waals surface area contributed by atoms with Gasteiger partial charge in [0.05, 0.1) is 0 Å². The number of anilines is 1. The SMILES string of the molecule is O=C(NCc1ccccc1)c1cnc(N2CCN(C(=O)OCc3ccccc3)CC2)[nH]c1=O. The minimum absolute atomic E-state index is 0.0437. The van der Waals surface area contributed by atoms with Crippen LogP contribution in [0, 0.1) is 0 Å². The maximum atomic E-state index is 12.5. The summed E-state index contributed by atoms with van der Waals surface area (Å²) >= 11 is 0. The smallest absolute Gasteiger partial charge is 0.410 e. The zero-order valence-electron chi connectivity index (χ0n) is 18.1. The number of aromatic amines is 1. The number of carbonyl (C=O) groups is 2. The van der Waals surface area contributed by atoms with Gasteiger partial charge in [0.15, 0.2) is 0 Å². The van der Waals surface area contributed by atoms with Crippen molar-refractivity contribution in [2.24, 2.45) is 0 Å². The first-order valence-corrected chi connectivity index (χ1v) is 10.7. The molecule has 4 rings (SSSR count). The molecule has 1 aromatic heterocycles. The Bertz CT molecular complexity index is 1140. The molecular formula is C24H25N5O4. The number of amides is 2. The van der Waals surface area contributed by atoms with E-state index in [4.69, 9.17) is 4.74 Å². The van der Waals surface area contributed by atoms with E-state index in [1.807, 2.05) is 65.6 Å². The topological polar surface area (TPSA) is 108 Å². The van der Waals surface area contributed by atoms with Crippen LogP contribution in [0.25, 0.3) is 0 Å². The molecule has 0 bridgehead atoms. The largest absolute Gasteiger partial charge is 0.445 e. The molecule has 2 N–H and O–H groups in total. The maximum absolute atomic E-state index is 12.5. The molecule has 1 aliphatic heterocycles. The number of carbonyl (C=O) groups excluding carboxylic acids is 2. The monoisotopic (exact) mass is 447 g/mol. The summed E-state index contributed by atoms with van der Waals surface area (Å²) in [5, 5.41) is 2.73. The minimum Gasteiger partial charge on any atom is -0.445 e. The van der Waals surface area contributed by atoms with Crippen LogP contribution in [0.5, 0.6) is 0 Å². The summed E-state index contributed by atoms with van der Waals surface area (Å²) in [6.07, 6.45) is 0.917. The lowest BCUT2D eigenvalue weighted by molar-refractivity contribution is 0.0934. The van der Waals surface area contributed by atoms with Crippen molar-refractivity contribution in [3.63, 3.8) is 0 Å². The van der Waals surface area contributed by atoms with Crippen LogP contribution in [0.3, 0.4) is 0 Å². The lowest BCUT2D eigenvalue weighted by Crippen LogP contribution is -2.49. The van der Waals surface area contributed by atoms with E-state index in [1.165, 1.54) is 6.20 Å². The van der Waals surface area contributed by atoms with Gasteiger partial charge in [-0.05, 0) is 11.1 Å². The van der Waals surface area contributed by atoms with E-state index in [2.05, 4.69) is 15.3 Å². The van der Waals surface area contributed by atoms with Crippen LogP contribution < -0.4 is 15.8 Å².